The monoisotopic (exact) mass is 275 g/mol. The average Bonchev–Trinajstić information content (AvgIpc) is 2.37. The third kappa shape index (κ3) is 3.67. The van der Waals surface area contributed by atoms with Gasteiger partial charge in [-0.15, -0.1) is 0 Å². The third-order valence-corrected chi connectivity index (χ3v) is 3.17. The van der Waals surface area contributed by atoms with Crippen molar-refractivity contribution >= 4 is 17.4 Å². The number of benzene rings is 1. The van der Waals surface area contributed by atoms with Crippen LogP contribution >= 0.6 is 11.6 Å². The maximum absolute atomic E-state index is 6.13. The number of anilines is 1. The number of nitrogens with one attached hydrogen (secondary N) is 1. The summed E-state index contributed by atoms with van der Waals surface area (Å²) in [7, 11) is 0. The van der Waals surface area contributed by atoms with Crippen LogP contribution in [0.2, 0.25) is 5.02 Å². The molecule has 0 radical (unpaired) electrons. The predicted octanol–water partition coefficient (Wildman–Crippen LogP) is 4.17. The SMILES string of the molecule is Cc1cc(NCc2ccccc2Cl)nc(C(C)C)n1. The molecule has 3 nitrogen and oxygen atoms in total. The fourth-order valence-electron chi connectivity index (χ4n) is 1.77. The first kappa shape index (κ1) is 13.8. The van der Waals surface area contributed by atoms with Crippen LogP contribution < -0.4 is 5.32 Å². The summed E-state index contributed by atoms with van der Waals surface area (Å²) in [6.07, 6.45) is 0. The van der Waals surface area contributed by atoms with Crippen LogP contribution in [0.5, 0.6) is 0 Å². The summed E-state index contributed by atoms with van der Waals surface area (Å²) >= 11 is 6.13. The van der Waals surface area contributed by atoms with E-state index in [-0.39, 0.29) is 0 Å². The molecule has 1 aromatic carbocycles. The molecule has 0 saturated heterocycles. The minimum atomic E-state index is 0.320. The average molecular weight is 276 g/mol. The Labute approximate surface area is 119 Å². The second-order valence-electron chi connectivity index (χ2n) is 4.85. The van der Waals surface area contributed by atoms with Gasteiger partial charge in [0, 0.05) is 29.2 Å². The van der Waals surface area contributed by atoms with Gasteiger partial charge in [-0.2, -0.15) is 0 Å². The van der Waals surface area contributed by atoms with E-state index in [9.17, 15) is 0 Å². The Bertz CT molecular complexity index is 567. The largest absolute Gasteiger partial charge is 0.366 e. The van der Waals surface area contributed by atoms with E-state index in [0.717, 1.165) is 27.9 Å². The second kappa shape index (κ2) is 6.02. The Kier molecular flexibility index (Phi) is 4.38. The standard InChI is InChI=1S/C15H18ClN3/c1-10(2)15-18-11(3)8-14(19-15)17-9-12-6-4-5-7-13(12)16/h4-8,10H,9H2,1-3H3,(H,17,18,19). The van der Waals surface area contributed by atoms with Crippen LogP contribution in [-0.4, -0.2) is 9.97 Å². The van der Waals surface area contributed by atoms with Gasteiger partial charge in [0.15, 0.2) is 0 Å². The Morgan fingerprint density at radius 3 is 2.63 bits per heavy atom. The zero-order valence-electron chi connectivity index (χ0n) is 11.4. The summed E-state index contributed by atoms with van der Waals surface area (Å²) in [5.41, 5.74) is 2.03. The first-order chi connectivity index (χ1) is 9.06. The highest BCUT2D eigenvalue weighted by Crippen LogP contribution is 2.18. The highest BCUT2D eigenvalue weighted by molar-refractivity contribution is 6.31. The Morgan fingerprint density at radius 2 is 1.95 bits per heavy atom. The molecule has 0 fully saturated rings. The molecule has 0 bridgehead atoms. The van der Waals surface area contributed by atoms with Gasteiger partial charge >= 0.3 is 0 Å². The van der Waals surface area contributed by atoms with Gasteiger partial charge in [-0.3, -0.25) is 0 Å². The Balaban J connectivity index is 2.14. The molecule has 4 heteroatoms. The van der Waals surface area contributed by atoms with Crippen LogP contribution in [0.4, 0.5) is 5.82 Å². The lowest BCUT2D eigenvalue weighted by Gasteiger charge is -2.11. The zero-order valence-corrected chi connectivity index (χ0v) is 12.2. The molecule has 0 saturated carbocycles. The first-order valence-electron chi connectivity index (χ1n) is 6.39. The lowest BCUT2D eigenvalue weighted by molar-refractivity contribution is 0.766. The number of halogens is 1. The highest BCUT2D eigenvalue weighted by Gasteiger charge is 2.06. The summed E-state index contributed by atoms with van der Waals surface area (Å²) in [6, 6.07) is 9.75. The van der Waals surface area contributed by atoms with E-state index in [2.05, 4.69) is 29.1 Å². The van der Waals surface area contributed by atoms with Crippen molar-refractivity contribution in [1.82, 2.24) is 9.97 Å². The molecule has 1 N–H and O–H groups in total. The van der Waals surface area contributed by atoms with Crippen molar-refractivity contribution in [3.8, 4) is 0 Å². The molecule has 0 unspecified atom stereocenters. The third-order valence-electron chi connectivity index (χ3n) is 2.81. The molecule has 2 rings (SSSR count). The number of rotatable bonds is 4. The van der Waals surface area contributed by atoms with Crippen LogP contribution in [0, 0.1) is 6.92 Å². The van der Waals surface area contributed by atoms with Crippen molar-refractivity contribution in [1.29, 1.82) is 0 Å². The second-order valence-corrected chi connectivity index (χ2v) is 5.26. The summed E-state index contributed by atoms with van der Waals surface area (Å²) in [5.74, 6) is 2.03. The van der Waals surface area contributed by atoms with E-state index in [0.29, 0.717) is 12.5 Å². The predicted molar refractivity (Wildman–Crippen MR) is 79.6 cm³/mol. The minimum absolute atomic E-state index is 0.320. The van der Waals surface area contributed by atoms with E-state index in [1.54, 1.807) is 0 Å². The van der Waals surface area contributed by atoms with Gasteiger partial charge in [-0.05, 0) is 18.6 Å². The summed E-state index contributed by atoms with van der Waals surface area (Å²) in [4.78, 5) is 8.94. The topological polar surface area (TPSA) is 37.8 Å². The van der Waals surface area contributed by atoms with Gasteiger partial charge in [-0.25, -0.2) is 9.97 Å². The van der Waals surface area contributed by atoms with Crippen molar-refractivity contribution in [3.05, 3.63) is 52.4 Å². The zero-order chi connectivity index (χ0) is 13.8. The van der Waals surface area contributed by atoms with E-state index >= 15 is 0 Å². The van der Waals surface area contributed by atoms with Crippen molar-refractivity contribution < 1.29 is 0 Å². The fourth-order valence-corrected chi connectivity index (χ4v) is 1.97. The van der Waals surface area contributed by atoms with Gasteiger partial charge in [0.2, 0.25) is 0 Å². The number of aromatic nitrogens is 2. The normalized spacial score (nSPS) is 10.8. The van der Waals surface area contributed by atoms with E-state index in [4.69, 9.17) is 11.6 Å². The molecule has 1 heterocycles. The molecular formula is C15H18ClN3. The number of aryl methyl sites for hydroxylation is 1. The van der Waals surface area contributed by atoms with E-state index in [1.165, 1.54) is 0 Å². The number of hydrogen-bond acceptors (Lipinski definition) is 3. The molecule has 0 atom stereocenters. The fraction of sp³-hybridized carbons (Fsp3) is 0.333. The number of hydrogen-bond donors (Lipinski definition) is 1. The lowest BCUT2D eigenvalue weighted by Crippen LogP contribution is -2.06. The smallest absolute Gasteiger partial charge is 0.133 e. The quantitative estimate of drug-likeness (QED) is 0.910. The summed E-state index contributed by atoms with van der Waals surface area (Å²) in [6.45, 7) is 6.82. The van der Waals surface area contributed by atoms with Gasteiger partial charge < -0.3 is 5.32 Å². The minimum Gasteiger partial charge on any atom is -0.366 e. The van der Waals surface area contributed by atoms with Crippen molar-refractivity contribution in [2.45, 2.75) is 33.2 Å². The lowest BCUT2D eigenvalue weighted by atomic mass is 10.2. The molecule has 0 aliphatic rings. The van der Waals surface area contributed by atoms with Crippen LogP contribution in [0.3, 0.4) is 0 Å². The van der Waals surface area contributed by atoms with Gasteiger partial charge in [0.1, 0.15) is 11.6 Å². The van der Waals surface area contributed by atoms with Gasteiger partial charge in [0.25, 0.3) is 0 Å². The summed E-state index contributed by atoms with van der Waals surface area (Å²) < 4.78 is 0. The van der Waals surface area contributed by atoms with E-state index < -0.39 is 0 Å². The molecule has 0 aliphatic heterocycles. The maximum Gasteiger partial charge on any atom is 0.133 e. The molecule has 19 heavy (non-hydrogen) atoms. The van der Waals surface area contributed by atoms with Crippen LogP contribution in [0.15, 0.2) is 30.3 Å². The van der Waals surface area contributed by atoms with E-state index in [1.807, 2.05) is 37.3 Å². The summed E-state index contributed by atoms with van der Waals surface area (Å²) in [5, 5.41) is 4.07. The highest BCUT2D eigenvalue weighted by atomic mass is 35.5. The van der Waals surface area contributed by atoms with Crippen molar-refractivity contribution in [2.75, 3.05) is 5.32 Å². The van der Waals surface area contributed by atoms with Crippen LogP contribution in [0.25, 0.3) is 0 Å². The molecule has 2 aromatic rings. The molecule has 0 spiro atoms. The van der Waals surface area contributed by atoms with Crippen LogP contribution in [-0.2, 0) is 6.54 Å². The number of nitrogens with zero attached hydrogens (tertiary/aromatic N) is 2. The van der Waals surface area contributed by atoms with Crippen molar-refractivity contribution in [3.63, 3.8) is 0 Å². The van der Waals surface area contributed by atoms with Crippen LogP contribution in [0.1, 0.15) is 36.8 Å². The maximum atomic E-state index is 6.13. The molecule has 0 aliphatic carbocycles. The Morgan fingerprint density at radius 1 is 1.21 bits per heavy atom. The Hall–Kier alpha value is -1.61. The van der Waals surface area contributed by atoms with Crippen molar-refractivity contribution in [2.24, 2.45) is 0 Å². The molecule has 100 valence electrons. The first-order valence-corrected chi connectivity index (χ1v) is 6.77. The van der Waals surface area contributed by atoms with Gasteiger partial charge in [0.05, 0.1) is 0 Å². The van der Waals surface area contributed by atoms with Gasteiger partial charge in [-0.1, -0.05) is 43.6 Å². The molecule has 0 amide bonds. The molecular weight excluding hydrogens is 258 g/mol. The molecule has 1 aromatic heterocycles.